The van der Waals surface area contributed by atoms with Crippen LogP contribution in [0.3, 0.4) is 0 Å². The third-order valence-electron chi connectivity index (χ3n) is 4.74. The molecule has 3 aromatic rings. The summed E-state index contributed by atoms with van der Waals surface area (Å²) >= 11 is 0. The van der Waals surface area contributed by atoms with Gasteiger partial charge in [0.15, 0.2) is 5.65 Å². The summed E-state index contributed by atoms with van der Waals surface area (Å²) < 4.78 is 2.04. The highest BCUT2D eigenvalue weighted by Crippen LogP contribution is 2.18. The molecule has 3 aromatic heterocycles. The second-order valence-electron chi connectivity index (χ2n) is 7.80. The van der Waals surface area contributed by atoms with Crippen LogP contribution in [0, 0.1) is 0 Å². The number of fused-ring (bicyclic) bond motifs is 1. The zero-order chi connectivity index (χ0) is 18.1. The number of nitrogens with zero attached hydrogens (tertiary/aromatic N) is 7. The third kappa shape index (κ3) is 3.53. The van der Waals surface area contributed by atoms with E-state index in [1.165, 1.54) is 5.56 Å². The average molecular weight is 351 g/mol. The first-order valence-electron chi connectivity index (χ1n) is 9.08. The standard InChI is InChI=1S/C19H25N7/c1-19(2,3)26-14-15(12-22-26)13-24-8-10-25(11-9-24)17-5-4-16-18(23-17)21-7-6-20-16/h4-7,12,14H,8-11,13H2,1-3H3. The SMILES string of the molecule is CC(C)(C)n1cc(CN2CCN(c3ccc4nccnc4n3)CC2)cn1. The van der Waals surface area contributed by atoms with Gasteiger partial charge in [-0.3, -0.25) is 14.6 Å². The van der Waals surface area contributed by atoms with Gasteiger partial charge in [0, 0.05) is 56.9 Å². The Morgan fingerprint density at radius 3 is 2.50 bits per heavy atom. The molecule has 0 amide bonds. The van der Waals surface area contributed by atoms with E-state index in [4.69, 9.17) is 0 Å². The van der Waals surface area contributed by atoms with E-state index in [0.29, 0.717) is 5.65 Å². The van der Waals surface area contributed by atoms with Gasteiger partial charge in [-0.05, 0) is 32.9 Å². The largest absolute Gasteiger partial charge is 0.354 e. The highest BCUT2D eigenvalue weighted by atomic mass is 15.3. The van der Waals surface area contributed by atoms with Crippen LogP contribution in [-0.4, -0.2) is 55.8 Å². The van der Waals surface area contributed by atoms with Gasteiger partial charge in [-0.2, -0.15) is 5.10 Å². The summed E-state index contributed by atoms with van der Waals surface area (Å²) in [7, 11) is 0. The van der Waals surface area contributed by atoms with E-state index in [9.17, 15) is 0 Å². The molecule has 1 saturated heterocycles. The van der Waals surface area contributed by atoms with Gasteiger partial charge in [0.1, 0.15) is 11.3 Å². The van der Waals surface area contributed by atoms with Crippen molar-refractivity contribution in [1.29, 1.82) is 0 Å². The predicted molar refractivity (Wildman–Crippen MR) is 102 cm³/mol. The molecule has 1 aliphatic rings. The van der Waals surface area contributed by atoms with Gasteiger partial charge < -0.3 is 4.90 Å². The molecule has 0 radical (unpaired) electrons. The van der Waals surface area contributed by atoms with Gasteiger partial charge >= 0.3 is 0 Å². The fourth-order valence-corrected chi connectivity index (χ4v) is 3.22. The summed E-state index contributed by atoms with van der Waals surface area (Å²) in [4.78, 5) is 18.1. The van der Waals surface area contributed by atoms with Gasteiger partial charge in [0.25, 0.3) is 0 Å². The average Bonchev–Trinajstić information content (AvgIpc) is 3.11. The third-order valence-corrected chi connectivity index (χ3v) is 4.74. The first-order valence-corrected chi connectivity index (χ1v) is 9.08. The van der Waals surface area contributed by atoms with Gasteiger partial charge in [-0.1, -0.05) is 0 Å². The van der Waals surface area contributed by atoms with Crippen LogP contribution in [0.25, 0.3) is 11.2 Å². The minimum absolute atomic E-state index is 0.0294. The molecule has 7 heteroatoms. The zero-order valence-corrected chi connectivity index (χ0v) is 15.6. The van der Waals surface area contributed by atoms with E-state index >= 15 is 0 Å². The molecule has 4 heterocycles. The summed E-state index contributed by atoms with van der Waals surface area (Å²) in [5.74, 6) is 0.984. The molecular formula is C19H25N7. The fourth-order valence-electron chi connectivity index (χ4n) is 3.22. The van der Waals surface area contributed by atoms with Crippen LogP contribution < -0.4 is 4.90 Å². The van der Waals surface area contributed by atoms with Crippen LogP contribution in [0.1, 0.15) is 26.3 Å². The molecule has 0 atom stereocenters. The highest BCUT2D eigenvalue weighted by Gasteiger charge is 2.20. The van der Waals surface area contributed by atoms with Crippen molar-refractivity contribution in [1.82, 2.24) is 29.6 Å². The maximum Gasteiger partial charge on any atom is 0.180 e. The van der Waals surface area contributed by atoms with Crippen molar-refractivity contribution in [2.75, 3.05) is 31.1 Å². The fraction of sp³-hybridized carbons (Fsp3) is 0.474. The van der Waals surface area contributed by atoms with Crippen molar-refractivity contribution < 1.29 is 0 Å². The molecule has 4 rings (SSSR count). The normalized spacial score (nSPS) is 16.3. The second-order valence-corrected chi connectivity index (χ2v) is 7.80. The highest BCUT2D eigenvalue weighted by molar-refractivity contribution is 5.71. The number of rotatable bonds is 3. The monoisotopic (exact) mass is 351 g/mol. The number of piperazine rings is 1. The van der Waals surface area contributed by atoms with Crippen LogP contribution in [0.4, 0.5) is 5.82 Å². The van der Waals surface area contributed by atoms with E-state index in [2.05, 4.69) is 56.8 Å². The minimum Gasteiger partial charge on any atom is -0.354 e. The Balaban J connectivity index is 1.38. The molecule has 0 aromatic carbocycles. The van der Waals surface area contributed by atoms with Gasteiger partial charge in [0.05, 0.1) is 11.7 Å². The van der Waals surface area contributed by atoms with Crippen LogP contribution in [0.15, 0.2) is 36.9 Å². The summed E-state index contributed by atoms with van der Waals surface area (Å²) in [6.45, 7) is 11.4. The number of hydrogen-bond donors (Lipinski definition) is 0. The van der Waals surface area contributed by atoms with E-state index in [1.54, 1.807) is 12.4 Å². The summed E-state index contributed by atoms with van der Waals surface area (Å²) in [5.41, 5.74) is 2.85. The van der Waals surface area contributed by atoms with Crippen LogP contribution >= 0.6 is 0 Å². The zero-order valence-electron chi connectivity index (χ0n) is 15.6. The Bertz CT molecular complexity index is 888. The molecule has 0 N–H and O–H groups in total. The summed E-state index contributed by atoms with van der Waals surface area (Å²) in [6, 6.07) is 4.04. The van der Waals surface area contributed by atoms with Crippen molar-refractivity contribution >= 4 is 17.0 Å². The van der Waals surface area contributed by atoms with Crippen LogP contribution in [0.2, 0.25) is 0 Å². The van der Waals surface area contributed by atoms with Crippen molar-refractivity contribution in [3.8, 4) is 0 Å². The predicted octanol–water partition coefficient (Wildman–Crippen LogP) is 2.30. The first kappa shape index (κ1) is 16.9. The number of hydrogen-bond acceptors (Lipinski definition) is 6. The maximum atomic E-state index is 4.66. The molecule has 136 valence electrons. The molecule has 7 nitrogen and oxygen atoms in total. The van der Waals surface area contributed by atoms with Gasteiger partial charge in [-0.15, -0.1) is 0 Å². The summed E-state index contributed by atoms with van der Waals surface area (Å²) in [6.07, 6.45) is 7.54. The Morgan fingerprint density at radius 2 is 1.77 bits per heavy atom. The van der Waals surface area contributed by atoms with Crippen molar-refractivity contribution in [3.63, 3.8) is 0 Å². The van der Waals surface area contributed by atoms with Gasteiger partial charge in [0.2, 0.25) is 0 Å². The summed E-state index contributed by atoms with van der Waals surface area (Å²) in [5, 5.41) is 4.50. The number of pyridine rings is 1. The molecular weight excluding hydrogens is 326 g/mol. The van der Waals surface area contributed by atoms with E-state index in [0.717, 1.165) is 44.1 Å². The molecule has 1 fully saturated rings. The quantitative estimate of drug-likeness (QED) is 0.721. The van der Waals surface area contributed by atoms with Crippen LogP contribution in [-0.2, 0) is 12.1 Å². The number of aromatic nitrogens is 5. The molecule has 0 aliphatic carbocycles. The van der Waals surface area contributed by atoms with E-state index in [1.807, 2.05) is 23.0 Å². The lowest BCUT2D eigenvalue weighted by molar-refractivity contribution is 0.249. The molecule has 26 heavy (non-hydrogen) atoms. The molecule has 0 bridgehead atoms. The van der Waals surface area contributed by atoms with Crippen molar-refractivity contribution in [2.24, 2.45) is 0 Å². The number of anilines is 1. The lowest BCUT2D eigenvalue weighted by Crippen LogP contribution is -2.46. The molecule has 0 spiro atoms. The van der Waals surface area contributed by atoms with Crippen molar-refractivity contribution in [3.05, 3.63) is 42.5 Å². The molecule has 1 aliphatic heterocycles. The Labute approximate surface area is 153 Å². The maximum absolute atomic E-state index is 4.66. The lowest BCUT2D eigenvalue weighted by atomic mass is 10.1. The minimum atomic E-state index is 0.0294. The lowest BCUT2D eigenvalue weighted by Gasteiger charge is -2.35. The topological polar surface area (TPSA) is 63.0 Å². The second kappa shape index (κ2) is 6.64. The Morgan fingerprint density at radius 1 is 1.00 bits per heavy atom. The van der Waals surface area contributed by atoms with E-state index < -0.39 is 0 Å². The Hall–Kier alpha value is -2.54. The smallest absolute Gasteiger partial charge is 0.180 e. The van der Waals surface area contributed by atoms with E-state index in [-0.39, 0.29) is 5.54 Å². The first-order chi connectivity index (χ1) is 12.5. The Kier molecular flexibility index (Phi) is 4.32. The van der Waals surface area contributed by atoms with Crippen molar-refractivity contribution in [2.45, 2.75) is 32.9 Å². The van der Waals surface area contributed by atoms with Gasteiger partial charge in [-0.25, -0.2) is 9.97 Å². The molecule has 0 saturated carbocycles. The molecule has 0 unspecified atom stereocenters. The van der Waals surface area contributed by atoms with Crippen LogP contribution in [0.5, 0.6) is 0 Å².